The number of nitrogens with one attached hydrogen (secondary N) is 1. The average molecular weight is 318 g/mol. The van der Waals surface area contributed by atoms with Crippen LogP contribution in [-0.4, -0.2) is 26.9 Å². The third-order valence-corrected chi connectivity index (χ3v) is 2.45. The van der Waals surface area contributed by atoms with Crippen LogP contribution in [0.25, 0.3) is 0 Å². The lowest BCUT2D eigenvalue weighted by molar-refractivity contribution is 0.199. The lowest BCUT2D eigenvalue weighted by atomic mass is 10.2. The fourth-order valence-corrected chi connectivity index (χ4v) is 1.52. The Morgan fingerprint density at radius 1 is 1.50 bits per heavy atom. The monoisotopic (exact) mass is 317 g/mol. The van der Waals surface area contributed by atoms with Crippen molar-refractivity contribution in [1.82, 2.24) is 5.32 Å². The van der Waals surface area contributed by atoms with Crippen LogP contribution in [0.3, 0.4) is 0 Å². The first-order valence-electron chi connectivity index (χ1n) is 5.58. The van der Waals surface area contributed by atoms with Crippen molar-refractivity contribution in [3.05, 3.63) is 40.6 Å². The molecule has 18 heavy (non-hydrogen) atoms. The number of ether oxygens (including phenoxy) is 2. The maximum atomic E-state index is 13.7. The molecule has 3 nitrogen and oxygen atoms in total. The second-order valence-corrected chi connectivity index (χ2v) is 4.83. The van der Waals surface area contributed by atoms with Crippen molar-refractivity contribution in [1.29, 1.82) is 0 Å². The molecule has 0 saturated carbocycles. The zero-order valence-corrected chi connectivity index (χ0v) is 11.9. The van der Waals surface area contributed by atoms with Crippen LogP contribution in [0.15, 0.2) is 29.3 Å². The summed E-state index contributed by atoms with van der Waals surface area (Å²) in [5.41, 5.74) is 0.778. The van der Waals surface area contributed by atoms with Crippen molar-refractivity contribution in [2.24, 2.45) is 0 Å². The van der Waals surface area contributed by atoms with E-state index in [9.17, 15) is 4.39 Å². The topological polar surface area (TPSA) is 30.5 Å². The van der Waals surface area contributed by atoms with Gasteiger partial charge < -0.3 is 14.8 Å². The number of methoxy groups -OCH3 is 1. The van der Waals surface area contributed by atoms with Crippen LogP contribution < -0.4 is 10.1 Å². The number of hydrogen-bond donors (Lipinski definition) is 1. The molecule has 0 aliphatic heterocycles. The molecular weight excluding hydrogens is 301 g/mol. The van der Waals surface area contributed by atoms with Gasteiger partial charge in [-0.05, 0) is 6.07 Å². The molecule has 5 heteroatoms. The molecule has 1 aromatic rings. The molecule has 0 saturated heterocycles. The summed E-state index contributed by atoms with van der Waals surface area (Å²) in [5, 5.41) is 3.15. The van der Waals surface area contributed by atoms with Crippen molar-refractivity contribution in [2.75, 3.05) is 26.9 Å². The molecule has 1 aromatic carbocycles. The highest BCUT2D eigenvalue weighted by Crippen LogP contribution is 2.23. The van der Waals surface area contributed by atoms with Gasteiger partial charge in [-0.3, -0.25) is 0 Å². The lowest BCUT2D eigenvalue weighted by Gasteiger charge is -2.12. The molecule has 0 amide bonds. The van der Waals surface area contributed by atoms with Gasteiger partial charge in [-0.2, -0.15) is 0 Å². The van der Waals surface area contributed by atoms with Crippen molar-refractivity contribution in [3.8, 4) is 5.75 Å². The van der Waals surface area contributed by atoms with Crippen molar-refractivity contribution < 1.29 is 13.9 Å². The highest BCUT2D eigenvalue weighted by Gasteiger charge is 2.09. The molecule has 100 valence electrons. The van der Waals surface area contributed by atoms with E-state index in [-0.39, 0.29) is 18.2 Å². The molecule has 0 fully saturated rings. The minimum absolute atomic E-state index is 0.242. The Hall–Kier alpha value is -0.910. The van der Waals surface area contributed by atoms with Crippen molar-refractivity contribution in [3.63, 3.8) is 0 Å². The Morgan fingerprint density at radius 2 is 2.28 bits per heavy atom. The fraction of sp³-hybridized carbons (Fsp3) is 0.385. The third-order valence-electron chi connectivity index (χ3n) is 2.22. The molecule has 0 aliphatic rings. The molecule has 1 rings (SSSR count). The minimum atomic E-state index is -0.366. The van der Waals surface area contributed by atoms with Crippen molar-refractivity contribution >= 4 is 15.9 Å². The first kappa shape index (κ1) is 15.1. The van der Waals surface area contributed by atoms with E-state index in [1.807, 2.05) is 6.07 Å². The van der Waals surface area contributed by atoms with Crippen LogP contribution in [0.4, 0.5) is 4.39 Å². The Morgan fingerprint density at radius 3 is 2.94 bits per heavy atom. The van der Waals surface area contributed by atoms with E-state index < -0.39 is 0 Å². The largest absolute Gasteiger partial charge is 0.485 e. The van der Waals surface area contributed by atoms with Gasteiger partial charge in [0.25, 0.3) is 0 Å². The summed E-state index contributed by atoms with van der Waals surface area (Å²) in [5.74, 6) is -0.0993. The summed E-state index contributed by atoms with van der Waals surface area (Å²) in [4.78, 5) is 0. The fourth-order valence-electron chi connectivity index (χ4n) is 1.40. The summed E-state index contributed by atoms with van der Waals surface area (Å²) in [6, 6.07) is 4.87. The summed E-state index contributed by atoms with van der Waals surface area (Å²) < 4.78 is 24.6. The molecular formula is C13H17BrFNO2. The van der Waals surface area contributed by atoms with Gasteiger partial charge in [-0.15, -0.1) is 0 Å². The third kappa shape index (κ3) is 5.16. The zero-order chi connectivity index (χ0) is 13.4. The molecule has 0 aliphatic carbocycles. The maximum Gasteiger partial charge on any atom is 0.165 e. The van der Waals surface area contributed by atoms with Crippen LogP contribution in [0.1, 0.15) is 5.56 Å². The Balaban J connectivity index is 2.64. The van der Waals surface area contributed by atoms with Crippen LogP contribution in [0.2, 0.25) is 0 Å². The second-order valence-electron chi connectivity index (χ2n) is 3.70. The van der Waals surface area contributed by atoms with Gasteiger partial charge in [-0.25, -0.2) is 4.39 Å². The first-order valence-corrected chi connectivity index (χ1v) is 6.37. The van der Waals surface area contributed by atoms with E-state index in [0.717, 1.165) is 5.56 Å². The predicted octanol–water partition coefficient (Wildman–Crippen LogP) is 2.85. The van der Waals surface area contributed by atoms with Gasteiger partial charge in [0.1, 0.15) is 6.61 Å². The number of rotatable bonds is 8. The van der Waals surface area contributed by atoms with Gasteiger partial charge in [0, 0.05) is 30.2 Å². The van der Waals surface area contributed by atoms with E-state index in [1.165, 1.54) is 6.07 Å². The molecule has 0 spiro atoms. The number of halogens is 2. The SMILES string of the molecule is C=C(Br)COc1c(F)cccc1CNCCOC. The predicted molar refractivity (Wildman–Crippen MR) is 73.5 cm³/mol. The lowest BCUT2D eigenvalue weighted by Crippen LogP contribution is -2.19. The smallest absolute Gasteiger partial charge is 0.165 e. The average Bonchev–Trinajstić information content (AvgIpc) is 2.33. The standard InChI is InChI=1S/C13H17BrFNO2/c1-10(14)9-18-13-11(4-3-5-12(13)15)8-16-6-7-17-2/h3-5,16H,1,6-9H2,2H3. The molecule has 1 N–H and O–H groups in total. The molecule has 0 aromatic heterocycles. The van der Waals surface area contributed by atoms with Gasteiger partial charge >= 0.3 is 0 Å². The number of hydrogen-bond acceptors (Lipinski definition) is 3. The second kappa shape index (κ2) is 8.24. The summed E-state index contributed by atoms with van der Waals surface area (Å²) in [7, 11) is 1.64. The molecule has 0 bridgehead atoms. The first-order chi connectivity index (χ1) is 8.65. The van der Waals surface area contributed by atoms with Crippen LogP contribution >= 0.6 is 15.9 Å². The Labute approximate surface area is 115 Å². The molecule has 0 radical (unpaired) electrons. The van der Waals surface area contributed by atoms with E-state index in [0.29, 0.717) is 24.2 Å². The molecule has 0 atom stereocenters. The summed E-state index contributed by atoms with van der Waals surface area (Å²) in [6.07, 6.45) is 0. The normalized spacial score (nSPS) is 10.4. The van der Waals surface area contributed by atoms with Crippen LogP contribution in [-0.2, 0) is 11.3 Å². The van der Waals surface area contributed by atoms with Crippen molar-refractivity contribution in [2.45, 2.75) is 6.54 Å². The minimum Gasteiger partial charge on any atom is -0.485 e. The highest BCUT2D eigenvalue weighted by atomic mass is 79.9. The van der Waals surface area contributed by atoms with Crippen LogP contribution in [0, 0.1) is 5.82 Å². The molecule has 0 heterocycles. The van der Waals surface area contributed by atoms with Gasteiger partial charge in [0.2, 0.25) is 0 Å². The summed E-state index contributed by atoms with van der Waals surface area (Å²) >= 11 is 3.18. The van der Waals surface area contributed by atoms with E-state index in [4.69, 9.17) is 9.47 Å². The Kier molecular flexibility index (Phi) is 6.93. The zero-order valence-electron chi connectivity index (χ0n) is 10.3. The van der Waals surface area contributed by atoms with Gasteiger partial charge in [0.15, 0.2) is 11.6 Å². The number of para-hydroxylation sites is 1. The van der Waals surface area contributed by atoms with E-state index in [1.54, 1.807) is 13.2 Å². The Bertz CT molecular complexity index is 399. The van der Waals surface area contributed by atoms with Crippen LogP contribution in [0.5, 0.6) is 5.75 Å². The van der Waals surface area contributed by atoms with Gasteiger partial charge in [-0.1, -0.05) is 34.6 Å². The quantitative estimate of drug-likeness (QED) is 0.748. The summed E-state index contributed by atoms with van der Waals surface area (Å²) in [6.45, 7) is 5.75. The van der Waals surface area contributed by atoms with Gasteiger partial charge in [0.05, 0.1) is 6.61 Å². The number of benzene rings is 1. The van der Waals surface area contributed by atoms with E-state index in [2.05, 4.69) is 27.8 Å². The highest BCUT2D eigenvalue weighted by molar-refractivity contribution is 9.11. The molecule has 0 unspecified atom stereocenters. The van der Waals surface area contributed by atoms with E-state index >= 15 is 0 Å². The maximum absolute atomic E-state index is 13.7.